The Morgan fingerprint density at radius 2 is 2.08 bits per heavy atom. The van der Waals surface area contributed by atoms with Crippen LogP contribution in [0.1, 0.15) is 20.8 Å². The summed E-state index contributed by atoms with van der Waals surface area (Å²) in [5, 5.41) is 3.38. The van der Waals surface area contributed by atoms with Gasteiger partial charge in [-0.1, -0.05) is 11.8 Å². The highest BCUT2D eigenvalue weighted by molar-refractivity contribution is 8.14. The molecule has 0 aromatic rings. The number of hydrazone groups is 1. The third kappa shape index (κ3) is 7.45. The second kappa shape index (κ2) is 4.96. The van der Waals surface area contributed by atoms with Crippen LogP contribution < -0.4 is 11.6 Å². The number of nitrogens with zero attached hydrogens (tertiary/aromatic N) is 1. The number of thioether (sulfide) groups is 1. The second-order valence-corrected chi connectivity index (χ2v) is 4.34. The number of carbonyl (C=O) groups excluding carboxylic acids is 1. The molecule has 0 aliphatic rings. The first-order chi connectivity index (χ1) is 5.85. The number of amidine groups is 1. The van der Waals surface area contributed by atoms with Crippen LogP contribution in [0.3, 0.4) is 0 Å². The molecule has 0 bridgehead atoms. The van der Waals surface area contributed by atoms with Crippen molar-refractivity contribution in [3.63, 3.8) is 0 Å². The fourth-order valence-corrected chi connectivity index (χ4v) is 0.940. The molecule has 0 saturated heterocycles. The molecule has 0 aromatic heterocycles. The molecule has 0 aromatic carbocycles. The molecule has 6 heteroatoms. The lowest BCUT2D eigenvalue weighted by molar-refractivity contribution is -0.151. The maximum atomic E-state index is 11.1. The molecule has 0 aliphatic heterocycles. The van der Waals surface area contributed by atoms with Gasteiger partial charge in [0.05, 0.1) is 5.75 Å². The molecule has 0 radical (unpaired) electrons. The number of hydrogen-bond acceptors (Lipinski definition) is 5. The molecule has 5 nitrogen and oxygen atoms in total. The first-order valence-electron chi connectivity index (χ1n) is 3.73. The van der Waals surface area contributed by atoms with Gasteiger partial charge >= 0.3 is 5.97 Å². The molecule has 0 heterocycles. The largest absolute Gasteiger partial charge is 0.459 e. The molecular weight excluding hydrogens is 190 g/mol. The highest BCUT2D eigenvalue weighted by Gasteiger charge is 2.16. The molecule has 76 valence electrons. The standard InChI is InChI=1S/C7H15N3O2S/c1-7(2,3)12-5(11)4-13-6(8)10-9/h4,9H2,1-3H3,(H2,8,10). The summed E-state index contributed by atoms with van der Waals surface area (Å²) in [6.07, 6.45) is 0. The predicted molar refractivity (Wildman–Crippen MR) is 54.1 cm³/mol. The number of nitrogens with two attached hydrogens (primary N) is 2. The maximum Gasteiger partial charge on any atom is 0.316 e. The lowest BCUT2D eigenvalue weighted by Gasteiger charge is -2.19. The SMILES string of the molecule is CC(C)(C)OC(=O)CSC(N)=NN. The Kier molecular flexibility index (Phi) is 4.61. The van der Waals surface area contributed by atoms with Gasteiger partial charge in [-0.15, -0.1) is 0 Å². The van der Waals surface area contributed by atoms with Crippen molar-refractivity contribution < 1.29 is 9.53 Å². The van der Waals surface area contributed by atoms with Gasteiger partial charge in [0.2, 0.25) is 0 Å². The Bertz CT molecular complexity index is 210. The second-order valence-electron chi connectivity index (χ2n) is 3.34. The Balaban J connectivity index is 3.77. The van der Waals surface area contributed by atoms with E-state index in [1.54, 1.807) is 20.8 Å². The summed E-state index contributed by atoms with van der Waals surface area (Å²) in [5.41, 5.74) is 4.80. The lowest BCUT2D eigenvalue weighted by atomic mass is 10.2. The lowest BCUT2D eigenvalue weighted by Crippen LogP contribution is -2.25. The predicted octanol–water partition coefficient (Wildman–Crippen LogP) is 0.250. The number of esters is 1. The van der Waals surface area contributed by atoms with Crippen molar-refractivity contribution in [2.24, 2.45) is 16.7 Å². The Hall–Kier alpha value is -0.910. The van der Waals surface area contributed by atoms with Crippen molar-refractivity contribution in [2.75, 3.05) is 5.75 Å². The van der Waals surface area contributed by atoms with Crippen LogP contribution in [0.5, 0.6) is 0 Å². The molecule has 4 N–H and O–H groups in total. The van der Waals surface area contributed by atoms with Crippen molar-refractivity contribution in [3.05, 3.63) is 0 Å². The van der Waals surface area contributed by atoms with E-state index in [0.29, 0.717) is 0 Å². The summed E-state index contributed by atoms with van der Waals surface area (Å²) < 4.78 is 5.02. The highest BCUT2D eigenvalue weighted by atomic mass is 32.2. The van der Waals surface area contributed by atoms with Gasteiger partial charge in [-0.2, -0.15) is 5.10 Å². The summed E-state index contributed by atoms with van der Waals surface area (Å²) in [5.74, 6) is 4.67. The minimum atomic E-state index is -0.466. The zero-order valence-electron chi connectivity index (χ0n) is 8.03. The summed E-state index contributed by atoms with van der Waals surface area (Å²) in [4.78, 5) is 11.1. The van der Waals surface area contributed by atoms with Gasteiger partial charge in [0, 0.05) is 0 Å². The fourth-order valence-electron chi connectivity index (χ4n) is 0.541. The van der Waals surface area contributed by atoms with E-state index in [1.165, 1.54) is 0 Å². The zero-order chi connectivity index (χ0) is 10.5. The minimum Gasteiger partial charge on any atom is -0.459 e. The Labute approximate surface area is 81.9 Å². The van der Waals surface area contributed by atoms with E-state index in [1.807, 2.05) is 0 Å². The van der Waals surface area contributed by atoms with Gasteiger partial charge in [-0.25, -0.2) is 0 Å². The Morgan fingerprint density at radius 3 is 2.46 bits per heavy atom. The fraction of sp³-hybridized carbons (Fsp3) is 0.714. The molecule has 0 amide bonds. The van der Waals surface area contributed by atoms with Crippen molar-refractivity contribution in [1.29, 1.82) is 0 Å². The van der Waals surface area contributed by atoms with Crippen molar-refractivity contribution in [2.45, 2.75) is 26.4 Å². The normalized spacial score (nSPS) is 12.7. The Morgan fingerprint density at radius 1 is 1.54 bits per heavy atom. The monoisotopic (exact) mass is 205 g/mol. The quantitative estimate of drug-likeness (QED) is 0.222. The van der Waals surface area contributed by atoms with Crippen LogP contribution in [0.4, 0.5) is 0 Å². The molecule has 0 spiro atoms. The smallest absolute Gasteiger partial charge is 0.316 e. The third-order valence-corrected chi connectivity index (χ3v) is 1.67. The van der Waals surface area contributed by atoms with Crippen molar-refractivity contribution in [3.8, 4) is 0 Å². The molecular formula is C7H15N3O2S. The van der Waals surface area contributed by atoms with Crippen LogP contribution in [0, 0.1) is 0 Å². The van der Waals surface area contributed by atoms with Gasteiger partial charge in [-0.3, -0.25) is 4.79 Å². The average Bonchev–Trinajstić information content (AvgIpc) is 1.97. The molecule has 0 aliphatic carbocycles. The average molecular weight is 205 g/mol. The number of hydrogen-bond donors (Lipinski definition) is 2. The molecule has 13 heavy (non-hydrogen) atoms. The van der Waals surface area contributed by atoms with Gasteiger partial charge in [0.15, 0.2) is 5.17 Å². The van der Waals surface area contributed by atoms with E-state index in [9.17, 15) is 4.79 Å². The summed E-state index contributed by atoms with van der Waals surface area (Å²) >= 11 is 1.05. The van der Waals surface area contributed by atoms with E-state index in [4.69, 9.17) is 16.3 Å². The van der Waals surface area contributed by atoms with Crippen LogP contribution in [-0.2, 0) is 9.53 Å². The van der Waals surface area contributed by atoms with E-state index >= 15 is 0 Å². The number of ether oxygens (including phenoxy) is 1. The van der Waals surface area contributed by atoms with Gasteiger partial charge < -0.3 is 16.3 Å². The summed E-state index contributed by atoms with van der Waals surface area (Å²) in [6.45, 7) is 5.40. The number of carbonyl (C=O) groups is 1. The molecule has 0 rings (SSSR count). The minimum absolute atomic E-state index is 0.129. The summed E-state index contributed by atoms with van der Waals surface area (Å²) in [7, 11) is 0. The van der Waals surface area contributed by atoms with Crippen LogP contribution >= 0.6 is 11.8 Å². The van der Waals surface area contributed by atoms with Crippen LogP contribution in [0.25, 0.3) is 0 Å². The van der Waals surface area contributed by atoms with Crippen molar-refractivity contribution >= 4 is 22.9 Å². The third-order valence-electron chi connectivity index (χ3n) is 0.885. The van der Waals surface area contributed by atoms with E-state index < -0.39 is 5.60 Å². The van der Waals surface area contributed by atoms with Gasteiger partial charge in [0.1, 0.15) is 5.60 Å². The first-order valence-corrected chi connectivity index (χ1v) is 4.71. The van der Waals surface area contributed by atoms with E-state index in [2.05, 4.69) is 5.10 Å². The van der Waals surface area contributed by atoms with Gasteiger partial charge in [0.25, 0.3) is 0 Å². The molecule has 0 fully saturated rings. The van der Waals surface area contributed by atoms with Crippen molar-refractivity contribution in [1.82, 2.24) is 0 Å². The van der Waals surface area contributed by atoms with Crippen LogP contribution in [0.15, 0.2) is 5.10 Å². The van der Waals surface area contributed by atoms with Crippen LogP contribution in [0.2, 0.25) is 0 Å². The van der Waals surface area contributed by atoms with Crippen LogP contribution in [-0.4, -0.2) is 22.5 Å². The molecule has 0 atom stereocenters. The number of rotatable bonds is 2. The molecule has 0 saturated carbocycles. The highest BCUT2D eigenvalue weighted by Crippen LogP contribution is 2.09. The van der Waals surface area contributed by atoms with E-state index in [-0.39, 0.29) is 16.9 Å². The first kappa shape index (κ1) is 12.1. The van der Waals surface area contributed by atoms with Gasteiger partial charge in [-0.05, 0) is 20.8 Å². The zero-order valence-corrected chi connectivity index (χ0v) is 8.85. The summed E-state index contributed by atoms with van der Waals surface area (Å²) in [6, 6.07) is 0. The maximum absolute atomic E-state index is 11.1. The molecule has 0 unspecified atom stereocenters. The topological polar surface area (TPSA) is 90.7 Å². The van der Waals surface area contributed by atoms with E-state index in [0.717, 1.165) is 11.8 Å².